The second-order valence-electron chi connectivity index (χ2n) is 9.70. The van der Waals surface area contributed by atoms with Gasteiger partial charge in [0.25, 0.3) is 0 Å². The van der Waals surface area contributed by atoms with E-state index in [9.17, 15) is 14.4 Å². The Labute approximate surface area is 217 Å². The van der Waals surface area contributed by atoms with Gasteiger partial charge in [0.15, 0.2) is 0 Å². The Balaban J connectivity index is 3.93. The van der Waals surface area contributed by atoms with Crippen molar-refractivity contribution in [3.05, 3.63) is 12.7 Å². The van der Waals surface area contributed by atoms with E-state index in [1.807, 2.05) is 0 Å². The zero-order valence-corrected chi connectivity index (χ0v) is 23.3. The maximum Gasteiger partial charge on any atom is 0.408 e. The van der Waals surface area contributed by atoms with Gasteiger partial charge < -0.3 is 19.5 Å². The molecule has 204 valence electrons. The molecule has 1 amide bonds. The van der Waals surface area contributed by atoms with Crippen molar-refractivity contribution in [3.63, 3.8) is 0 Å². The van der Waals surface area contributed by atoms with Crippen LogP contribution >= 0.6 is 11.8 Å². The zero-order chi connectivity index (χ0) is 26.4. The Hall–Kier alpha value is -1.70. The lowest BCUT2D eigenvalue weighted by Crippen LogP contribution is -2.45. The van der Waals surface area contributed by atoms with Gasteiger partial charge in [0.2, 0.25) is 0 Å². The van der Waals surface area contributed by atoms with E-state index in [1.54, 1.807) is 20.8 Å². The topological polar surface area (TPSA) is 90.9 Å². The lowest BCUT2D eigenvalue weighted by molar-refractivity contribution is -0.144. The van der Waals surface area contributed by atoms with Gasteiger partial charge in [-0.2, -0.15) is 11.8 Å². The Morgan fingerprint density at radius 3 is 2.03 bits per heavy atom. The van der Waals surface area contributed by atoms with E-state index in [1.165, 1.54) is 75.6 Å². The number of alkyl carbamates (subject to hydrolysis) is 1. The van der Waals surface area contributed by atoms with Crippen molar-refractivity contribution in [3.8, 4) is 0 Å². The molecule has 0 saturated heterocycles. The summed E-state index contributed by atoms with van der Waals surface area (Å²) in [6, 6.07) is -0.859. The van der Waals surface area contributed by atoms with E-state index >= 15 is 0 Å². The molecule has 8 heteroatoms. The van der Waals surface area contributed by atoms with E-state index in [0.717, 1.165) is 12.8 Å². The van der Waals surface area contributed by atoms with Gasteiger partial charge in [-0.05, 0) is 27.2 Å². The highest BCUT2D eigenvalue weighted by molar-refractivity contribution is 7.99. The number of unbranched alkanes of at least 4 members (excludes halogenated alkanes) is 10. The van der Waals surface area contributed by atoms with Crippen LogP contribution in [0.3, 0.4) is 0 Å². The normalized spacial score (nSPS) is 12.0. The van der Waals surface area contributed by atoms with Crippen LogP contribution in [0, 0.1) is 0 Å². The first-order chi connectivity index (χ1) is 16.7. The maximum absolute atomic E-state index is 12.2. The summed E-state index contributed by atoms with van der Waals surface area (Å²) >= 11 is 1.40. The van der Waals surface area contributed by atoms with Crippen LogP contribution < -0.4 is 5.32 Å². The Kier molecular flexibility index (Phi) is 20.5. The molecule has 0 aromatic carbocycles. The fourth-order valence-corrected chi connectivity index (χ4v) is 4.10. The summed E-state index contributed by atoms with van der Waals surface area (Å²) in [6.07, 6.45) is 14.9. The van der Waals surface area contributed by atoms with Gasteiger partial charge in [-0.15, -0.1) is 0 Å². The van der Waals surface area contributed by atoms with E-state index in [4.69, 9.17) is 14.2 Å². The van der Waals surface area contributed by atoms with Crippen molar-refractivity contribution in [2.45, 2.75) is 116 Å². The predicted octanol–water partition coefficient (Wildman–Crippen LogP) is 6.59. The highest BCUT2D eigenvalue weighted by atomic mass is 32.2. The summed E-state index contributed by atoms with van der Waals surface area (Å²) in [5, 5.41) is 2.55. The summed E-state index contributed by atoms with van der Waals surface area (Å²) in [7, 11) is 0. The Morgan fingerprint density at radius 2 is 1.49 bits per heavy atom. The van der Waals surface area contributed by atoms with Gasteiger partial charge in [-0.1, -0.05) is 83.8 Å². The summed E-state index contributed by atoms with van der Waals surface area (Å²) in [4.78, 5) is 36.2. The van der Waals surface area contributed by atoms with Crippen LogP contribution in [0.2, 0.25) is 0 Å². The highest BCUT2D eigenvalue weighted by Gasteiger charge is 2.25. The molecule has 0 fully saturated rings. The predicted molar refractivity (Wildman–Crippen MR) is 144 cm³/mol. The quantitative estimate of drug-likeness (QED) is 0.0798. The van der Waals surface area contributed by atoms with Crippen LogP contribution in [0.1, 0.15) is 105 Å². The molecule has 0 bridgehead atoms. The first kappa shape index (κ1) is 33.3. The molecule has 1 atom stereocenters. The van der Waals surface area contributed by atoms with E-state index in [0.29, 0.717) is 12.2 Å². The third-order valence-electron chi connectivity index (χ3n) is 5.08. The molecule has 0 aliphatic heterocycles. The first-order valence-electron chi connectivity index (χ1n) is 13.2. The second kappa shape index (κ2) is 21.6. The molecule has 1 unspecified atom stereocenters. The molecular formula is C27H49NO6S. The lowest BCUT2D eigenvalue weighted by Gasteiger charge is -2.22. The smallest absolute Gasteiger partial charge is 0.408 e. The number of carbonyl (C=O) groups is 3. The maximum atomic E-state index is 12.2. The average Bonchev–Trinajstić information content (AvgIpc) is 2.78. The Bertz CT molecular complexity index is 591. The van der Waals surface area contributed by atoms with Gasteiger partial charge >= 0.3 is 18.0 Å². The molecule has 0 aliphatic rings. The van der Waals surface area contributed by atoms with Gasteiger partial charge in [0, 0.05) is 17.9 Å². The minimum atomic E-state index is -0.859. The summed E-state index contributed by atoms with van der Waals surface area (Å²) in [6.45, 7) is 11.3. The number of nitrogens with one attached hydrogen (secondary N) is 1. The number of thioether (sulfide) groups is 1. The lowest BCUT2D eigenvalue weighted by atomic mass is 10.1. The van der Waals surface area contributed by atoms with E-state index in [-0.39, 0.29) is 24.9 Å². The molecule has 0 rings (SSSR count). The summed E-state index contributed by atoms with van der Waals surface area (Å²) in [5.74, 6) is 0.0588. The number of carbonyl (C=O) groups excluding carboxylic acids is 3. The van der Waals surface area contributed by atoms with E-state index < -0.39 is 23.7 Å². The van der Waals surface area contributed by atoms with Crippen LogP contribution in [0.4, 0.5) is 4.79 Å². The average molecular weight is 516 g/mol. The van der Waals surface area contributed by atoms with Gasteiger partial charge in [-0.3, -0.25) is 4.79 Å². The highest BCUT2D eigenvalue weighted by Crippen LogP contribution is 2.13. The third kappa shape index (κ3) is 22.5. The molecule has 0 aromatic heterocycles. The van der Waals surface area contributed by atoms with Crippen molar-refractivity contribution in [1.82, 2.24) is 5.32 Å². The van der Waals surface area contributed by atoms with Crippen molar-refractivity contribution in [1.29, 1.82) is 0 Å². The molecule has 35 heavy (non-hydrogen) atoms. The molecule has 0 aliphatic carbocycles. The van der Waals surface area contributed by atoms with Crippen LogP contribution in [-0.4, -0.2) is 54.4 Å². The molecule has 0 saturated carbocycles. The zero-order valence-electron chi connectivity index (χ0n) is 22.5. The molecule has 7 nitrogen and oxygen atoms in total. The number of esters is 2. The fraction of sp³-hybridized carbons (Fsp3) is 0.815. The minimum Gasteiger partial charge on any atom is -0.465 e. The first-order valence-corrected chi connectivity index (χ1v) is 14.4. The molecular weight excluding hydrogens is 466 g/mol. The molecule has 0 radical (unpaired) electrons. The number of ether oxygens (including phenoxy) is 3. The third-order valence-corrected chi connectivity index (χ3v) is 6.10. The molecule has 0 aromatic rings. The summed E-state index contributed by atoms with van der Waals surface area (Å²) in [5.41, 5.74) is -0.672. The number of hydrogen-bond donors (Lipinski definition) is 1. The monoisotopic (exact) mass is 515 g/mol. The van der Waals surface area contributed by atoms with Gasteiger partial charge in [0.1, 0.15) is 24.9 Å². The fourth-order valence-electron chi connectivity index (χ4n) is 3.28. The van der Waals surface area contributed by atoms with Gasteiger partial charge in [-0.25, -0.2) is 9.59 Å². The number of amides is 1. The number of hydrogen-bond acceptors (Lipinski definition) is 7. The van der Waals surface area contributed by atoms with Crippen molar-refractivity contribution < 1.29 is 28.6 Å². The van der Waals surface area contributed by atoms with Crippen molar-refractivity contribution in [2.24, 2.45) is 0 Å². The van der Waals surface area contributed by atoms with Crippen molar-refractivity contribution in [2.75, 3.05) is 24.7 Å². The largest absolute Gasteiger partial charge is 0.465 e. The SMILES string of the molecule is C=CCOC(=O)C(CSCCOC(=O)CCCCCCCCCCCCC)NC(=O)OC(C)(C)C. The Morgan fingerprint density at radius 1 is 0.914 bits per heavy atom. The van der Waals surface area contributed by atoms with Crippen LogP contribution in [0.5, 0.6) is 0 Å². The van der Waals surface area contributed by atoms with Crippen LogP contribution in [-0.2, 0) is 23.8 Å². The van der Waals surface area contributed by atoms with Crippen LogP contribution in [0.25, 0.3) is 0 Å². The minimum absolute atomic E-state index is 0.0622. The summed E-state index contributed by atoms with van der Waals surface area (Å²) < 4.78 is 15.6. The second-order valence-corrected chi connectivity index (χ2v) is 10.8. The standard InChI is InChI=1S/C27H49NO6S/c1-6-8-9-10-11-12-13-14-15-16-17-18-24(29)32-20-21-35-22-23(25(30)33-19-7-2)28-26(31)34-27(3,4)5/h7,23H,2,6,8-22H2,1,3-5H3,(H,28,31). The van der Waals surface area contributed by atoms with Gasteiger partial charge in [0.05, 0.1) is 0 Å². The van der Waals surface area contributed by atoms with E-state index in [2.05, 4.69) is 18.8 Å². The number of rotatable bonds is 21. The molecule has 0 spiro atoms. The van der Waals surface area contributed by atoms with Crippen LogP contribution in [0.15, 0.2) is 12.7 Å². The molecule has 1 N–H and O–H groups in total. The van der Waals surface area contributed by atoms with Crippen molar-refractivity contribution >= 4 is 29.8 Å². The molecule has 0 heterocycles.